The fraction of sp³-hybridized carbons (Fsp3) is 0.429. The first-order valence-electron chi connectivity index (χ1n) is 9.83. The molecule has 1 amide bonds. The van der Waals surface area contributed by atoms with Gasteiger partial charge in [0, 0.05) is 30.5 Å². The zero-order valence-corrected chi connectivity index (χ0v) is 16.3. The Morgan fingerprint density at radius 3 is 2.33 bits per heavy atom. The molecule has 1 aromatic carbocycles. The number of carbonyl (C=O) groups is 2. The van der Waals surface area contributed by atoms with Gasteiger partial charge in [-0.2, -0.15) is 18.3 Å². The summed E-state index contributed by atoms with van der Waals surface area (Å²) in [6.45, 7) is 0.671. The van der Waals surface area contributed by atoms with Gasteiger partial charge in [0.05, 0.1) is 11.3 Å². The monoisotopic (exact) mass is 420 g/mol. The van der Waals surface area contributed by atoms with E-state index in [4.69, 9.17) is 5.73 Å². The standard InChI is InChI=1S/C21H23F3N4O2/c22-21(23,24)16-4-2-1-3-15(16)19(29)14-7-5-13(6-8-14)17-9-10-18(28-27-17)20(30)26-12-11-25/h1-4,9-10,13-14H,5-8,11-12,25H2,(H,26,30). The van der Waals surface area contributed by atoms with Crippen molar-refractivity contribution in [3.8, 4) is 0 Å². The van der Waals surface area contributed by atoms with E-state index in [0.29, 0.717) is 44.5 Å². The lowest BCUT2D eigenvalue weighted by Gasteiger charge is -2.27. The number of alkyl halides is 3. The van der Waals surface area contributed by atoms with E-state index in [1.54, 1.807) is 12.1 Å². The number of carbonyl (C=O) groups excluding carboxylic acids is 2. The normalized spacial score (nSPS) is 19.3. The number of ketones is 1. The molecule has 30 heavy (non-hydrogen) atoms. The molecule has 0 saturated heterocycles. The summed E-state index contributed by atoms with van der Waals surface area (Å²) in [5.41, 5.74) is 5.11. The van der Waals surface area contributed by atoms with Crippen LogP contribution < -0.4 is 11.1 Å². The van der Waals surface area contributed by atoms with Crippen LogP contribution in [0.25, 0.3) is 0 Å². The molecular formula is C21H23F3N4O2. The van der Waals surface area contributed by atoms with Gasteiger partial charge in [0.2, 0.25) is 0 Å². The number of nitrogens with zero attached hydrogens (tertiary/aromatic N) is 2. The summed E-state index contributed by atoms with van der Waals surface area (Å²) in [5.74, 6) is -1.20. The average Bonchev–Trinajstić information content (AvgIpc) is 2.76. The van der Waals surface area contributed by atoms with Crippen LogP contribution in [0.2, 0.25) is 0 Å². The lowest BCUT2D eigenvalue weighted by molar-refractivity contribution is -0.137. The summed E-state index contributed by atoms with van der Waals surface area (Å²) in [6.07, 6.45) is -2.35. The lowest BCUT2D eigenvalue weighted by atomic mass is 9.77. The number of hydrogen-bond acceptors (Lipinski definition) is 5. The second kappa shape index (κ2) is 9.34. The molecule has 0 aliphatic heterocycles. The second-order valence-electron chi connectivity index (χ2n) is 7.34. The molecule has 9 heteroatoms. The molecule has 1 aliphatic carbocycles. The summed E-state index contributed by atoms with van der Waals surface area (Å²) in [5, 5.41) is 10.7. The Labute approximate surface area is 172 Å². The summed E-state index contributed by atoms with van der Waals surface area (Å²) < 4.78 is 39.6. The van der Waals surface area contributed by atoms with Gasteiger partial charge in [0.25, 0.3) is 5.91 Å². The van der Waals surface area contributed by atoms with Crippen molar-refractivity contribution in [2.45, 2.75) is 37.8 Å². The number of nitrogens with one attached hydrogen (secondary N) is 1. The molecule has 0 bridgehead atoms. The highest BCUT2D eigenvalue weighted by molar-refractivity contribution is 5.99. The van der Waals surface area contributed by atoms with E-state index in [9.17, 15) is 22.8 Å². The Morgan fingerprint density at radius 2 is 1.73 bits per heavy atom. The maximum atomic E-state index is 13.2. The molecule has 1 saturated carbocycles. The molecular weight excluding hydrogens is 397 g/mol. The Kier molecular flexibility index (Phi) is 6.81. The second-order valence-corrected chi connectivity index (χ2v) is 7.34. The van der Waals surface area contributed by atoms with E-state index < -0.39 is 23.4 Å². The molecule has 0 spiro atoms. The highest BCUT2D eigenvalue weighted by Crippen LogP contribution is 2.38. The van der Waals surface area contributed by atoms with Gasteiger partial charge in [-0.05, 0) is 43.9 Å². The van der Waals surface area contributed by atoms with E-state index in [2.05, 4.69) is 15.5 Å². The van der Waals surface area contributed by atoms with E-state index in [0.717, 1.165) is 6.07 Å². The van der Waals surface area contributed by atoms with E-state index >= 15 is 0 Å². The van der Waals surface area contributed by atoms with Crippen LogP contribution >= 0.6 is 0 Å². The highest BCUT2D eigenvalue weighted by atomic mass is 19.4. The number of halogens is 3. The van der Waals surface area contributed by atoms with Crippen LogP contribution in [0.5, 0.6) is 0 Å². The third kappa shape index (κ3) is 5.02. The van der Waals surface area contributed by atoms with Crippen LogP contribution in [-0.4, -0.2) is 35.0 Å². The zero-order chi connectivity index (χ0) is 21.7. The molecule has 3 N–H and O–H groups in total. The SMILES string of the molecule is NCCNC(=O)c1ccc(C2CCC(C(=O)c3ccccc3C(F)(F)F)CC2)nn1. The van der Waals surface area contributed by atoms with E-state index in [1.807, 2.05) is 0 Å². The largest absolute Gasteiger partial charge is 0.417 e. The number of Topliss-reactive ketones (excluding diaryl/α,β-unsaturated/α-hetero) is 1. The van der Waals surface area contributed by atoms with Crippen molar-refractivity contribution in [3.05, 3.63) is 58.9 Å². The summed E-state index contributed by atoms with van der Waals surface area (Å²) in [6, 6.07) is 8.25. The third-order valence-electron chi connectivity index (χ3n) is 5.36. The molecule has 0 atom stereocenters. The molecule has 1 fully saturated rings. The molecule has 1 aliphatic rings. The van der Waals surface area contributed by atoms with Gasteiger partial charge >= 0.3 is 6.18 Å². The minimum absolute atomic E-state index is 0.0561. The van der Waals surface area contributed by atoms with Crippen LogP contribution in [0.3, 0.4) is 0 Å². The number of amides is 1. The van der Waals surface area contributed by atoms with Crippen molar-refractivity contribution >= 4 is 11.7 Å². The third-order valence-corrected chi connectivity index (χ3v) is 5.36. The van der Waals surface area contributed by atoms with E-state index in [1.165, 1.54) is 18.2 Å². The van der Waals surface area contributed by atoms with Crippen molar-refractivity contribution in [3.63, 3.8) is 0 Å². The van der Waals surface area contributed by atoms with Gasteiger partial charge < -0.3 is 11.1 Å². The van der Waals surface area contributed by atoms with Gasteiger partial charge in [-0.15, -0.1) is 5.10 Å². The minimum atomic E-state index is -4.56. The molecule has 160 valence electrons. The van der Waals surface area contributed by atoms with Crippen molar-refractivity contribution < 1.29 is 22.8 Å². The van der Waals surface area contributed by atoms with Gasteiger partial charge in [0.1, 0.15) is 0 Å². The predicted molar refractivity (Wildman–Crippen MR) is 104 cm³/mol. The molecule has 1 heterocycles. The predicted octanol–water partition coefficient (Wildman–Crippen LogP) is 3.34. The maximum absolute atomic E-state index is 13.2. The summed E-state index contributed by atoms with van der Waals surface area (Å²) >= 11 is 0. The Bertz CT molecular complexity index is 892. The molecule has 1 aromatic heterocycles. The summed E-state index contributed by atoms with van der Waals surface area (Å²) in [4.78, 5) is 24.6. The Morgan fingerprint density at radius 1 is 1.03 bits per heavy atom. The van der Waals surface area contributed by atoms with Gasteiger partial charge in [-0.1, -0.05) is 18.2 Å². The van der Waals surface area contributed by atoms with Crippen molar-refractivity contribution in [2.75, 3.05) is 13.1 Å². The molecule has 0 radical (unpaired) electrons. The van der Waals surface area contributed by atoms with Crippen LogP contribution in [0, 0.1) is 5.92 Å². The molecule has 0 unspecified atom stereocenters. The number of benzene rings is 1. The van der Waals surface area contributed by atoms with Crippen LogP contribution in [0.15, 0.2) is 36.4 Å². The Balaban J connectivity index is 1.63. The number of nitrogens with two attached hydrogens (primary N) is 1. The quantitative estimate of drug-likeness (QED) is 0.699. The molecule has 3 rings (SSSR count). The fourth-order valence-electron chi connectivity index (χ4n) is 3.77. The van der Waals surface area contributed by atoms with Crippen LogP contribution in [0.1, 0.15) is 63.7 Å². The first-order valence-corrected chi connectivity index (χ1v) is 9.83. The zero-order valence-electron chi connectivity index (χ0n) is 16.3. The Hall–Kier alpha value is -2.81. The maximum Gasteiger partial charge on any atom is 0.417 e. The van der Waals surface area contributed by atoms with Gasteiger partial charge in [0.15, 0.2) is 11.5 Å². The summed E-state index contributed by atoms with van der Waals surface area (Å²) in [7, 11) is 0. The van der Waals surface area contributed by atoms with Crippen molar-refractivity contribution in [1.82, 2.24) is 15.5 Å². The number of hydrogen-bond donors (Lipinski definition) is 2. The molecule has 2 aromatic rings. The number of aromatic nitrogens is 2. The lowest BCUT2D eigenvalue weighted by Crippen LogP contribution is -2.30. The first kappa shape index (κ1) is 21.9. The van der Waals surface area contributed by atoms with Crippen molar-refractivity contribution in [1.29, 1.82) is 0 Å². The van der Waals surface area contributed by atoms with Gasteiger partial charge in [-0.25, -0.2) is 0 Å². The fourth-order valence-corrected chi connectivity index (χ4v) is 3.77. The molecule has 6 nitrogen and oxygen atoms in total. The smallest absolute Gasteiger partial charge is 0.349 e. The van der Waals surface area contributed by atoms with Gasteiger partial charge in [-0.3, -0.25) is 9.59 Å². The minimum Gasteiger partial charge on any atom is -0.349 e. The average molecular weight is 420 g/mol. The first-order chi connectivity index (χ1) is 14.3. The van der Waals surface area contributed by atoms with E-state index in [-0.39, 0.29) is 23.1 Å². The van der Waals surface area contributed by atoms with Crippen LogP contribution in [-0.2, 0) is 6.18 Å². The number of rotatable bonds is 6. The topological polar surface area (TPSA) is 98.0 Å². The highest BCUT2D eigenvalue weighted by Gasteiger charge is 2.37. The van der Waals surface area contributed by atoms with Crippen LogP contribution in [0.4, 0.5) is 13.2 Å². The van der Waals surface area contributed by atoms with Crippen molar-refractivity contribution in [2.24, 2.45) is 11.7 Å².